The van der Waals surface area contributed by atoms with Gasteiger partial charge in [0, 0.05) is 100 Å². The zero-order valence-corrected chi connectivity index (χ0v) is 42.9. The standard InChI is InChI=1S/C51H70N11O8P/c1-9-46(64)54-38-25-35(12-13-39(38)59-20-19-57(29-33(59)3)36-15-18-58(32(2)23-36)37-14-16-52-44(26-37)51(6,7)70-71(67,68)69)53-47-49(66)56(8)30-45(55-47)61-17-10-11-40(43(61)31-63)62-22-21-60-41(48(62)65)24-34-27-50(4,5)28-42(34)60/h9,12-14,16,24-26,30,32-33,36,40,43,63H,1,10-11,15,17-23,27-29,31H2,2-8H3,(H,53,55)(H,54,64)(H2,67,68,69)/t32-,33-,36?,40?,43?/m0/s1. The van der Waals surface area contributed by atoms with Crippen LogP contribution in [0.5, 0.6) is 0 Å². The van der Waals surface area contributed by atoms with Crippen LogP contribution in [0.3, 0.4) is 0 Å². The monoisotopic (exact) mass is 996 g/mol. The second-order valence-corrected chi connectivity index (χ2v) is 22.6. The summed E-state index contributed by atoms with van der Waals surface area (Å²) in [6.07, 6.45) is 9.86. The molecular weight excluding hydrogens is 926 g/mol. The molecule has 0 spiro atoms. The highest BCUT2D eigenvalue weighted by Crippen LogP contribution is 2.46. The quantitative estimate of drug-likeness (QED) is 0.0842. The van der Waals surface area contributed by atoms with Crippen molar-refractivity contribution < 1.29 is 33.6 Å². The maximum atomic E-state index is 14.2. The fourth-order valence-corrected chi connectivity index (χ4v) is 12.7. The Labute approximate surface area is 415 Å². The van der Waals surface area contributed by atoms with Crippen LogP contribution in [-0.2, 0) is 45.9 Å². The molecule has 19 nitrogen and oxygen atoms in total. The van der Waals surface area contributed by atoms with E-state index in [-0.39, 0.29) is 53.3 Å². The van der Waals surface area contributed by atoms with Gasteiger partial charge in [-0.2, -0.15) is 0 Å². The van der Waals surface area contributed by atoms with Crippen LogP contribution in [0, 0.1) is 5.41 Å². The molecule has 4 aromatic rings. The number of aliphatic hydroxyl groups excluding tert-OH is 1. The molecule has 7 heterocycles. The normalized spacial score (nSPS) is 23.9. The van der Waals surface area contributed by atoms with Crippen molar-refractivity contribution in [3.8, 4) is 0 Å². The number of phosphoric ester groups is 1. The van der Waals surface area contributed by atoms with Crippen molar-refractivity contribution in [3.05, 3.63) is 94.4 Å². The third-order valence-electron chi connectivity index (χ3n) is 15.4. The average molecular weight is 996 g/mol. The second kappa shape index (κ2) is 19.5. The van der Waals surface area contributed by atoms with Crippen molar-refractivity contribution in [1.82, 2.24) is 28.9 Å². The smallest absolute Gasteiger partial charge is 0.394 e. The van der Waals surface area contributed by atoms with Gasteiger partial charge in [-0.05, 0) is 120 Å². The summed E-state index contributed by atoms with van der Waals surface area (Å²) < 4.78 is 20.4. The van der Waals surface area contributed by atoms with Crippen LogP contribution in [0.4, 0.5) is 34.4 Å². The highest BCUT2D eigenvalue weighted by molar-refractivity contribution is 7.46. The van der Waals surface area contributed by atoms with Gasteiger partial charge < -0.3 is 54.3 Å². The van der Waals surface area contributed by atoms with Crippen molar-refractivity contribution in [2.75, 3.05) is 71.2 Å². The van der Waals surface area contributed by atoms with Gasteiger partial charge in [0.1, 0.15) is 17.1 Å². The van der Waals surface area contributed by atoms with E-state index in [4.69, 9.17) is 9.51 Å². The molecule has 71 heavy (non-hydrogen) atoms. The number of aliphatic hydroxyl groups is 1. The molecule has 1 aromatic carbocycles. The Morgan fingerprint density at radius 1 is 0.972 bits per heavy atom. The molecule has 3 unspecified atom stereocenters. The van der Waals surface area contributed by atoms with E-state index in [1.165, 1.54) is 21.9 Å². The van der Waals surface area contributed by atoms with Gasteiger partial charge in [0.2, 0.25) is 5.91 Å². The number of aryl methyl sites for hydroxylation is 1. The van der Waals surface area contributed by atoms with E-state index in [2.05, 4.69) is 75.2 Å². The summed E-state index contributed by atoms with van der Waals surface area (Å²) in [6.45, 7) is 20.6. The van der Waals surface area contributed by atoms with Gasteiger partial charge in [-0.3, -0.25) is 28.8 Å². The number of hydrogen-bond donors (Lipinski definition) is 5. The number of benzene rings is 1. The number of carbonyl (C=O) groups is 2. The van der Waals surface area contributed by atoms with E-state index >= 15 is 0 Å². The SMILES string of the molecule is C=CC(=O)Nc1cc(Nc2nc(N3CCCC(N4CCn5c(cc6c5CC(C)(C)C6)C4=O)C3CO)cn(C)c2=O)ccc1N1CCN(C2CCN(c3ccnc(C(C)(C)OP(=O)(O)O)c3)[C@@H](C)C2)C[C@@H]1C. The number of hydrogen-bond acceptors (Lipinski definition) is 13. The number of aromatic nitrogens is 4. The predicted molar refractivity (Wildman–Crippen MR) is 275 cm³/mol. The molecule has 0 saturated carbocycles. The first-order chi connectivity index (χ1) is 33.6. The summed E-state index contributed by atoms with van der Waals surface area (Å²) in [5, 5.41) is 17.2. The summed E-state index contributed by atoms with van der Waals surface area (Å²) in [6, 6.07) is 11.5. The summed E-state index contributed by atoms with van der Waals surface area (Å²) in [5.41, 5.74) is 5.14. The molecule has 9 rings (SSSR count). The van der Waals surface area contributed by atoms with Gasteiger partial charge in [-0.15, -0.1) is 0 Å². The number of phosphoric acid groups is 1. The largest absolute Gasteiger partial charge is 0.470 e. The fraction of sp³-hybridized carbons (Fsp3) is 0.549. The number of rotatable bonds is 13. The van der Waals surface area contributed by atoms with Crippen LogP contribution in [0.25, 0.3) is 0 Å². The number of carbonyl (C=O) groups excluding carboxylic acids is 2. The number of piperazine rings is 1. The molecule has 5 aliphatic rings. The molecule has 3 saturated heterocycles. The molecule has 0 radical (unpaired) electrons. The number of anilines is 6. The van der Waals surface area contributed by atoms with Crippen LogP contribution in [-0.4, -0.2) is 132 Å². The molecule has 1 aliphatic carbocycles. The molecule has 2 amide bonds. The Bertz CT molecular complexity index is 2810. The Balaban J connectivity index is 0.881. The first-order valence-electron chi connectivity index (χ1n) is 25.0. The van der Waals surface area contributed by atoms with Crippen LogP contribution >= 0.6 is 7.82 Å². The topological polar surface area (TPSA) is 214 Å². The lowest BCUT2D eigenvalue weighted by molar-refractivity contribution is -0.111. The third-order valence-corrected chi connectivity index (χ3v) is 16.1. The minimum absolute atomic E-state index is 0.00402. The maximum Gasteiger partial charge on any atom is 0.470 e. The van der Waals surface area contributed by atoms with E-state index in [0.29, 0.717) is 48.6 Å². The highest BCUT2D eigenvalue weighted by atomic mass is 31.2. The van der Waals surface area contributed by atoms with Gasteiger partial charge in [0.05, 0.1) is 35.8 Å². The molecule has 3 aromatic heterocycles. The van der Waals surface area contributed by atoms with Crippen LogP contribution in [0.1, 0.15) is 94.7 Å². The minimum Gasteiger partial charge on any atom is -0.394 e. The zero-order chi connectivity index (χ0) is 50.7. The van der Waals surface area contributed by atoms with Crippen LogP contribution in [0.15, 0.2) is 66.2 Å². The minimum atomic E-state index is -4.73. The Kier molecular flexibility index (Phi) is 13.8. The molecule has 382 valence electrons. The van der Waals surface area contributed by atoms with Crippen molar-refractivity contribution in [2.24, 2.45) is 12.5 Å². The molecular formula is C51H70N11O8P. The van der Waals surface area contributed by atoms with Gasteiger partial charge in [0.25, 0.3) is 11.5 Å². The summed E-state index contributed by atoms with van der Waals surface area (Å²) in [7, 11) is -3.06. The number of amides is 2. The Morgan fingerprint density at radius 3 is 2.46 bits per heavy atom. The number of nitrogens with zero attached hydrogens (tertiary/aromatic N) is 9. The van der Waals surface area contributed by atoms with E-state index in [1.54, 1.807) is 33.3 Å². The zero-order valence-electron chi connectivity index (χ0n) is 42.0. The van der Waals surface area contributed by atoms with Crippen molar-refractivity contribution >= 4 is 54.0 Å². The van der Waals surface area contributed by atoms with E-state index in [9.17, 15) is 33.8 Å². The molecule has 5 N–H and O–H groups in total. The lowest BCUT2D eigenvalue weighted by atomic mass is 9.90. The lowest BCUT2D eigenvalue weighted by Gasteiger charge is -2.48. The number of pyridine rings is 1. The van der Waals surface area contributed by atoms with E-state index in [1.807, 2.05) is 40.1 Å². The van der Waals surface area contributed by atoms with Gasteiger partial charge in [0.15, 0.2) is 5.82 Å². The van der Waals surface area contributed by atoms with Crippen LogP contribution < -0.4 is 30.9 Å². The summed E-state index contributed by atoms with van der Waals surface area (Å²) in [5.74, 6) is 0.230. The predicted octanol–water partition coefficient (Wildman–Crippen LogP) is 5.37. The van der Waals surface area contributed by atoms with Crippen LogP contribution in [0.2, 0.25) is 0 Å². The van der Waals surface area contributed by atoms with Gasteiger partial charge in [-0.25, -0.2) is 9.55 Å². The molecule has 3 fully saturated rings. The first kappa shape index (κ1) is 50.4. The molecule has 0 bridgehead atoms. The second-order valence-electron chi connectivity index (χ2n) is 21.5. The van der Waals surface area contributed by atoms with Crippen molar-refractivity contribution in [1.29, 1.82) is 0 Å². The summed E-state index contributed by atoms with van der Waals surface area (Å²) in [4.78, 5) is 80.2. The molecule has 4 aliphatic heterocycles. The third kappa shape index (κ3) is 10.3. The molecule has 20 heteroatoms. The van der Waals surface area contributed by atoms with Gasteiger partial charge in [-0.1, -0.05) is 20.4 Å². The number of piperidine rings is 2. The fourth-order valence-electron chi connectivity index (χ4n) is 12.1. The Morgan fingerprint density at radius 2 is 1.75 bits per heavy atom. The van der Waals surface area contributed by atoms with Crippen molar-refractivity contribution in [2.45, 2.75) is 122 Å². The highest BCUT2D eigenvalue weighted by Gasteiger charge is 2.43. The van der Waals surface area contributed by atoms with Gasteiger partial charge >= 0.3 is 7.82 Å². The Hall–Kier alpha value is -5.56. The maximum absolute atomic E-state index is 14.2. The summed E-state index contributed by atoms with van der Waals surface area (Å²) >= 11 is 0. The van der Waals surface area contributed by atoms with E-state index < -0.39 is 19.5 Å². The van der Waals surface area contributed by atoms with Crippen molar-refractivity contribution in [3.63, 3.8) is 0 Å². The average Bonchev–Trinajstić information content (AvgIpc) is 3.81. The lowest BCUT2D eigenvalue weighted by Crippen LogP contribution is -2.60. The molecule has 5 atom stereocenters. The number of fused-ring (bicyclic) bond motifs is 3. The van der Waals surface area contributed by atoms with E-state index in [0.717, 1.165) is 81.8 Å². The first-order valence-corrected chi connectivity index (χ1v) is 26.5. The number of nitrogens with one attached hydrogen (secondary N) is 2.